The van der Waals surface area contributed by atoms with Gasteiger partial charge >= 0.3 is 0 Å². The van der Waals surface area contributed by atoms with E-state index >= 15 is 0 Å². The summed E-state index contributed by atoms with van der Waals surface area (Å²) in [5.41, 5.74) is 5.01. The van der Waals surface area contributed by atoms with Crippen LogP contribution in [0.2, 0.25) is 0 Å². The first-order valence-electron chi connectivity index (χ1n) is 8.34. The van der Waals surface area contributed by atoms with Crippen LogP contribution < -0.4 is 0 Å². The molecule has 114 valence electrons. The summed E-state index contributed by atoms with van der Waals surface area (Å²) in [6, 6.07) is 0. The van der Waals surface area contributed by atoms with E-state index in [-0.39, 0.29) is 11.5 Å². The van der Waals surface area contributed by atoms with Crippen molar-refractivity contribution in [1.29, 1.82) is 5.41 Å². The van der Waals surface area contributed by atoms with Gasteiger partial charge in [-0.2, -0.15) is 0 Å². The Balaban J connectivity index is 1.82. The van der Waals surface area contributed by atoms with Gasteiger partial charge in [0.1, 0.15) is 0 Å². The van der Waals surface area contributed by atoms with Crippen molar-refractivity contribution in [1.82, 2.24) is 0 Å². The molecule has 2 heteroatoms. The Bertz CT molecular complexity index is 528. The fraction of sp³-hybridized carbons (Fsp3) is 0.632. The molecule has 0 aromatic rings. The summed E-state index contributed by atoms with van der Waals surface area (Å²) in [6.07, 6.45) is 12.5. The monoisotopic (exact) mass is 285 g/mol. The number of hydrogen-bond acceptors (Lipinski definition) is 2. The van der Waals surface area contributed by atoms with E-state index in [9.17, 15) is 5.11 Å². The Labute approximate surface area is 128 Å². The van der Waals surface area contributed by atoms with Crippen molar-refractivity contribution in [3.05, 3.63) is 35.5 Å². The van der Waals surface area contributed by atoms with Crippen LogP contribution in [0.4, 0.5) is 0 Å². The molecule has 0 heterocycles. The van der Waals surface area contributed by atoms with E-state index in [0.717, 1.165) is 37.8 Å². The number of hydrogen-bond donors (Lipinski definition) is 2. The lowest BCUT2D eigenvalue weighted by atomic mass is 9.66. The molecule has 0 aromatic carbocycles. The van der Waals surface area contributed by atoms with Crippen LogP contribution in [0.5, 0.6) is 0 Å². The van der Waals surface area contributed by atoms with E-state index in [4.69, 9.17) is 5.41 Å². The van der Waals surface area contributed by atoms with Crippen LogP contribution in [0.3, 0.4) is 0 Å². The maximum absolute atomic E-state index is 9.83. The third-order valence-electron chi connectivity index (χ3n) is 5.94. The number of aliphatic hydroxyl groups excluding tert-OH is 1. The highest BCUT2D eigenvalue weighted by atomic mass is 16.3. The predicted octanol–water partition coefficient (Wildman–Crippen LogP) is 4.56. The van der Waals surface area contributed by atoms with Crippen molar-refractivity contribution in [2.24, 2.45) is 11.3 Å². The minimum absolute atomic E-state index is 0.117. The molecule has 0 spiro atoms. The maximum atomic E-state index is 9.83. The molecule has 0 radical (unpaired) electrons. The van der Waals surface area contributed by atoms with Crippen molar-refractivity contribution in [2.45, 2.75) is 64.4 Å². The van der Waals surface area contributed by atoms with Crippen LogP contribution in [0.25, 0.3) is 0 Å². The first kappa shape index (κ1) is 14.8. The Hall–Kier alpha value is -1.15. The number of allylic oxidation sites excluding steroid dienone is 4. The SMILES string of the molecule is C=C1CC[C@@H](O)C/C1=C/C=C1\CCC[C@]2(C)C(=N)CCC12. The Morgan fingerprint density at radius 1 is 1.24 bits per heavy atom. The molecule has 3 saturated carbocycles. The smallest absolute Gasteiger partial charge is 0.0583 e. The van der Waals surface area contributed by atoms with Crippen LogP contribution in [-0.4, -0.2) is 16.9 Å². The summed E-state index contributed by atoms with van der Waals surface area (Å²) in [4.78, 5) is 0. The van der Waals surface area contributed by atoms with Crippen molar-refractivity contribution >= 4 is 5.71 Å². The molecule has 2 N–H and O–H groups in total. The summed E-state index contributed by atoms with van der Waals surface area (Å²) in [5, 5.41) is 18.1. The van der Waals surface area contributed by atoms with Gasteiger partial charge in [0.25, 0.3) is 0 Å². The van der Waals surface area contributed by atoms with Crippen LogP contribution in [0.1, 0.15) is 58.3 Å². The first-order valence-corrected chi connectivity index (χ1v) is 8.34. The summed E-state index contributed by atoms with van der Waals surface area (Å²) < 4.78 is 0. The Kier molecular flexibility index (Phi) is 3.92. The van der Waals surface area contributed by atoms with Crippen LogP contribution in [0, 0.1) is 16.7 Å². The summed E-state index contributed by atoms with van der Waals surface area (Å²) in [7, 11) is 0. The van der Waals surface area contributed by atoms with Gasteiger partial charge in [0.2, 0.25) is 0 Å². The van der Waals surface area contributed by atoms with Crippen molar-refractivity contribution in [3.8, 4) is 0 Å². The number of fused-ring (bicyclic) bond motifs is 1. The van der Waals surface area contributed by atoms with Crippen molar-refractivity contribution in [3.63, 3.8) is 0 Å². The second kappa shape index (κ2) is 5.57. The highest BCUT2D eigenvalue weighted by molar-refractivity contribution is 5.90. The van der Waals surface area contributed by atoms with Crippen LogP contribution in [0.15, 0.2) is 35.5 Å². The van der Waals surface area contributed by atoms with Crippen LogP contribution >= 0.6 is 0 Å². The van der Waals surface area contributed by atoms with E-state index in [1.165, 1.54) is 36.0 Å². The molecule has 3 rings (SSSR count). The van der Waals surface area contributed by atoms with E-state index in [2.05, 4.69) is 25.7 Å². The second-order valence-corrected chi connectivity index (χ2v) is 7.27. The molecule has 3 aliphatic carbocycles. The van der Waals surface area contributed by atoms with Gasteiger partial charge in [0.05, 0.1) is 6.10 Å². The molecular weight excluding hydrogens is 258 g/mol. The number of nitrogens with one attached hydrogen (secondary N) is 1. The lowest BCUT2D eigenvalue weighted by molar-refractivity contribution is 0.158. The molecule has 3 atom stereocenters. The van der Waals surface area contributed by atoms with Gasteiger partial charge in [-0.25, -0.2) is 0 Å². The van der Waals surface area contributed by atoms with E-state index < -0.39 is 0 Å². The molecule has 2 nitrogen and oxygen atoms in total. The Morgan fingerprint density at radius 3 is 2.86 bits per heavy atom. The van der Waals surface area contributed by atoms with Crippen LogP contribution in [-0.2, 0) is 0 Å². The summed E-state index contributed by atoms with van der Waals surface area (Å²) >= 11 is 0. The number of aliphatic hydroxyl groups is 1. The maximum Gasteiger partial charge on any atom is 0.0583 e. The first-order chi connectivity index (χ1) is 10.0. The molecule has 0 aliphatic heterocycles. The average Bonchev–Trinajstić information content (AvgIpc) is 2.76. The summed E-state index contributed by atoms with van der Waals surface area (Å²) in [5.74, 6) is 0.567. The largest absolute Gasteiger partial charge is 0.393 e. The quantitative estimate of drug-likeness (QED) is 0.728. The number of rotatable bonds is 1. The molecule has 0 amide bonds. The van der Waals surface area contributed by atoms with Gasteiger partial charge in [-0.3, -0.25) is 0 Å². The fourth-order valence-electron chi connectivity index (χ4n) is 4.45. The molecule has 0 bridgehead atoms. The Morgan fingerprint density at radius 2 is 2.05 bits per heavy atom. The topological polar surface area (TPSA) is 44.1 Å². The van der Waals surface area contributed by atoms with Crippen molar-refractivity contribution in [2.75, 3.05) is 0 Å². The highest BCUT2D eigenvalue weighted by Crippen LogP contribution is 2.52. The van der Waals surface area contributed by atoms with Gasteiger partial charge < -0.3 is 10.5 Å². The predicted molar refractivity (Wildman–Crippen MR) is 87.6 cm³/mol. The molecule has 0 aromatic heterocycles. The lowest BCUT2D eigenvalue weighted by Gasteiger charge is -2.38. The van der Waals surface area contributed by atoms with Gasteiger partial charge in [0, 0.05) is 11.1 Å². The lowest BCUT2D eigenvalue weighted by Crippen LogP contribution is -2.32. The normalized spacial score (nSPS) is 40.9. The van der Waals surface area contributed by atoms with Gasteiger partial charge in [-0.05, 0) is 62.9 Å². The molecular formula is C19H27NO. The molecule has 3 aliphatic rings. The zero-order valence-corrected chi connectivity index (χ0v) is 13.1. The van der Waals surface area contributed by atoms with Gasteiger partial charge in [-0.1, -0.05) is 36.8 Å². The fourth-order valence-corrected chi connectivity index (χ4v) is 4.45. The molecule has 0 saturated heterocycles. The van der Waals surface area contributed by atoms with Gasteiger partial charge in [0.15, 0.2) is 0 Å². The van der Waals surface area contributed by atoms with E-state index in [1.807, 2.05) is 0 Å². The summed E-state index contributed by atoms with van der Waals surface area (Å²) in [6.45, 7) is 6.43. The van der Waals surface area contributed by atoms with E-state index in [0.29, 0.717) is 5.92 Å². The molecule has 21 heavy (non-hydrogen) atoms. The van der Waals surface area contributed by atoms with Gasteiger partial charge in [-0.15, -0.1) is 0 Å². The minimum atomic E-state index is -0.198. The molecule has 1 unspecified atom stereocenters. The van der Waals surface area contributed by atoms with E-state index in [1.54, 1.807) is 0 Å². The molecule has 3 fully saturated rings. The minimum Gasteiger partial charge on any atom is -0.393 e. The third kappa shape index (κ3) is 2.66. The third-order valence-corrected chi connectivity index (χ3v) is 5.94. The zero-order chi connectivity index (χ0) is 15.0. The second-order valence-electron chi connectivity index (χ2n) is 7.27. The zero-order valence-electron chi connectivity index (χ0n) is 13.1. The standard InChI is InChI=1S/C19H27NO/c1-13-5-8-16(21)12-15(13)7-6-14-4-3-11-19(2)17(14)9-10-18(19)20/h6-7,16-17,20-21H,1,3-5,8-12H2,2H3/b14-6+,15-7-,20-18?/t16-,17?,19+/m1/s1. The highest BCUT2D eigenvalue weighted by Gasteiger charge is 2.46. The average molecular weight is 285 g/mol. The van der Waals surface area contributed by atoms with Crippen molar-refractivity contribution < 1.29 is 5.11 Å².